The largest absolute Gasteiger partial charge is 0.377 e. The van der Waals surface area contributed by atoms with Crippen molar-refractivity contribution in [2.45, 2.75) is 32.5 Å². The van der Waals surface area contributed by atoms with Crippen LogP contribution in [0.5, 0.6) is 0 Å². The summed E-state index contributed by atoms with van der Waals surface area (Å²) in [6, 6.07) is 5.81. The van der Waals surface area contributed by atoms with Gasteiger partial charge in [0.15, 0.2) is 0 Å². The first-order valence-corrected chi connectivity index (χ1v) is 7.93. The number of ether oxygens (including phenoxy) is 2. The zero-order valence-electron chi connectivity index (χ0n) is 13.9. The van der Waals surface area contributed by atoms with E-state index in [0.29, 0.717) is 33.0 Å². The van der Waals surface area contributed by atoms with Gasteiger partial charge >= 0.3 is 6.03 Å². The topological polar surface area (TPSA) is 93.9 Å². The number of nitrogens with zero attached hydrogens (tertiary/aromatic N) is 2. The number of hydrogen-bond donors (Lipinski definition) is 1. The number of non-ortho nitro benzene ring substituents is 1. The summed E-state index contributed by atoms with van der Waals surface area (Å²) in [6.45, 7) is 6.13. The molecule has 2 amide bonds. The molecule has 0 aromatic heterocycles. The van der Waals surface area contributed by atoms with Crippen LogP contribution in [0.2, 0.25) is 0 Å². The lowest BCUT2D eigenvalue weighted by atomic mass is 10.2. The molecule has 8 heteroatoms. The Morgan fingerprint density at radius 3 is 2.38 bits per heavy atom. The van der Waals surface area contributed by atoms with E-state index in [1.807, 2.05) is 13.8 Å². The summed E-state index contributed by atoms with van der Waals surface area (Å²) in [6.07, 6.45) is 0. The molecule has 2 rings (SSSR count). The quantitative estimate of drug-likeness (QED) is 0.654. The van der Waals surface area contributed by atoms with Crippen LogP contribution < -0.4 is 5.32 Å². The van der Waals surface area contributed by atoms with E-state index in [2.05, 4.69) is 5.32 Å². The summed E-state index contributed by atoms with van der Waals surface area (Å²) >= 11 is 0. The normalized spacial score (nSPS) is 15.8. The monoisotopic (exact) mass is 337 g/mol. The highest BCUT2D eigenvalue weighted by molar-refractivity contribution is 5.75. The van der Waals surface area contributed by atoms with Gasteiger partial charge in [0.05, 0.1) is 37.4 Å². The number of carbonyl (C=O) groups excluding carboxylic acids is 1. The third-order valence-electron chi connectivity index (χ3n) is 3.72. The van der Waals surface area contributed by atoms with Gasteiger partial charge in [-0.1, -0.05) is 12.1 Å². The van der Waals surface area contributed by atoms with Crippen molar-refractivity contribution in [3.05, 3.63) is 39.9 Å². The fourth-order valence-corrected chi connectivity index (χ4v) is 2.37. The molecule has 1 aliphatic heterocycles. The highest BCUT2D eigenvalue weighted by Gasteiger charge is 2.22. The van der Waals surface area contributed by atoms with Crippen molar-refractivity contribution in [1.82, 2.24) is 10.2 Å². The number of hydrogen-bond acceptors (Lipinski definition) is 5. The fraction of sp³-hybridized carbons (Fsp3) is 0.562. The molecule has 0 spiro atoms. The lowest BCUT2D eigenvalue weighted by molar-refractivity contribution is -0.384. The van der Waals surface area contributed by atoms with E-state index in [-0.39, 0.29) is 23.8 Å². The molecule has 0 bridgehead atoms. The van der Waals surface area contributed by atoms with Gasteiger partial charge in [-0.05, 0) is 19.4 Å². The van der Waals surface area contributed by atoms with Gasteiger partial charge < -0.3 is 19.7 Å². The van der Waals surface area contributed by atoms with Gasteiger partial charge in [-0.3, -0.25) is 10.1 Å². The number of nitro benzene ring substituents is 1. The zero-order chi connectivity index (χ0) is 17.5. The van der Waals surface area contributed by atoms with Gasteiger partial charge in [0, 0.05) is 24.7 Å². The Hall–Kier alpha value is -2.19. The lowest BCUT2D eigenvalue weighted by Crippen LogP contribution is -2.49. The van der Waals surface area contributed by atoms with Crippen LogP contribution in [0.4, 0.5) is 10.5 Å². The van der Waals surface area contributed by atoms with Crippen molar-refractivity contribution in [1.29, 1.82) is 0 Å². The van der Waals surface area contributed by atoms with Crippen LogP contribution in [0, 0.1) is 10.1 Å². The number of nitro groups is 1. The molecule has 132 valence electrons. The first kappa shape index (κ1) is 18.2. The molecule has 1 heterocycles. The van der Waals surface area contributed by atoms with Crippen LogP contribution in [0.25, 0.3) is 0 Å². The summed E-state index contributed by atoms with van der Waals surface area (Å²) in [7, 11) is 0. The van der Waals surface area contributed by atoms with E-state index in [1.165, 1.54) is 12.1 Å². The highest BCUT2D eigenvalue weighted by Crippen LogP contribution is 2.15. The molecule has 1 N–H and O–H groups in total. The average Bonchev–Trinajstić information content (AvgIpc) is 2.81. The van der Waals surface area contributed by atoms with Crippen LogP contribution >= 0.6 is 0 Å². The summed E-state index contributed by atoms with van der Waals surface area (Å²) in [5.41, 5.74) is 0.866. The van der Waals surface area contributed by atoms with E-state index in [1.54, 1.807) is 17.0 Å². The minimum atomic E-state index is -0.442. The predicted octanol–water partition coefficient (Wildman–Crippen LogP) is 1.93. The molecule has 0 saturated carbocycles. The summed E-state index contributed by atoms with van der Waals surface area (Å²) in [5, 5.41) is 13.6. The SMILES string of the molecule is CC(C)N(Cc1ccc([N+](=O)[O-])cc1)C(=O)NC1COCCOC1. The number of carbonyl (C=O) groups is 1. The van der Waals surface area contributed by atoms with Crippen molar-refractivity contribution in [3.8, 4) is 0 Å². The second-order valence-corrected chi connectivity index (χ2v) is 5.94. The van der Waals surface area contributed by atoms with Crippen LogP contribution in [0.3, 0.4) is 0 Å². The molecule has 8 nitrogen and oxygen atoms in total. The molecule has 1 aliphatic rings. The highest BCUT2D eigenvalue weighted by atomic mass is 16.6. The Morgan fingerprint density at radius 2 is 1.88 bits per heavy atom. The van der Waals surface area contributed by atoms with E-state index in [0.717, 1.165) is 5.56 Å². The Balaban J connectivity index is 1.99. The number of benzene rings is 1. The molecule has 0 atom stereocenters. The zero-order valence-corrected chi connectivity index (χ0v) is 13.9. The van der Waals surface area contributed by atoms with Gasteiger partial charge in [-0.15, -0.1) is 0 Å². The number of nitrogens with one attached hydrogen (secondary N) is 1. The molecule has 0 unspecified atom stereocenters. The Kier molecular flexibility index (Phi) is 6.51. The standard InChI is InChI=1S/C16H23N3O5/c1-12(2)18(9-13-3-5-15(6-4-13)19(21)22)16(20)17-14-10-23-7-8-24-11-14/h3-6,12,14H,7-11H2,1-2H3,(H,17,20). The maximum absolute atomic E-state index is 12.5. The number of amides is 2. The van der Waals surface area contributed by atoms with E-state index in [9.17, 15) is 14.9 Å². The van der Waals surface area contributed by atoms with E-state index < -0.39 is 4.92 Å². The summed E-state index contributed by atoms with van der Waals surface area (Å²) in [5.74, 6) is 0. The minimum absolute atomic E-state index is 0.0205. The van der Waals surface area contributed by atoms with E-state index in [4.69, 9.17) is 9.47 Å². The van der Waals surface area contributed by atoms with Crippen LogP contribution in [-0.2, 0) is 16.0 Å². The second kappa shape index (κ2) is 8.60. The molecule has 1 aromatic carbocycles. The van der Waals surface area contributed by atoms with Gasteiger partial charge in [-0.25, -0.2) is 4.79 Å². The third kappa shape index (κ3) is 5.17. The summed E-state index contributed by atoms with van der Waals surface area (Å²) in [4.78, 5) is 24.5. The smallest absolute Gasteiger partial charge is 0.318 e. The van der Waals surface area contributed by atoms with Gasteiger partial charge in [0.2, 0.25) is 0 Å². The molecule has 0 aliphatic carbocycles. The summed E-state index contributed by atoms with van der Waals surface area (Å²) < 4.78 is 10.8. The fourth-order valence-electron chi connectivity index (χ4n) is 2.37. The molecular weight excluding hydrogens is 314 g/mol. The molecule has 1 aromatic rings. The maximum atomic E-state index is 12.5. The first-order valence-electron chi connectivity index (χ1n) is 7.93. The predicted molar refractivity (Wildman–Crippen MR) is 87.7 cm³/mol. The molecule has 0 radical (unpaired) electrons. The van der Waals surface area contributed by atoms with Gasteiger partial charge in [0.25, 0.3) is 5.69 Å². The van der Waals surface area contributed by atoms with Gasteiger partial charge in [-0.2, -0.15) is 0 Å². The third-order valence-corrected chi connectivity index (χ3v) is 3.72. The van der Waals surface area contributed by atoms with Gasteiger partial charge in [0.1, 0.15) is 0 Å². The Labute approximate surface area is 140 Å². The van der Waals surface area contributed by atoms with E-state index >= 15 is 0 Å². The molecule has 1 fully saturated rings. The number of urea groups is 1. The average molecular weight is 337 g/mol. The minimum Gasteiger partial charge on any atom is -0.377 e. The molecule has 1 saturated heterocycles. The second-order valence-electron chi connectivity index (χ2n) is 5.94. The van der Waals surface area contributed by atoms with Crippen molar-refractivity contribution in [3.63, 3.8) is 0 Å². The molecular formula is C16H23N3O5. The Morgan fingerprint density at radius 1 is 1.29 bits per heavy atom. The number of rotatable bonds is 5. The van der Waals surface area contributed by atoms with Crippen molar-refractivity contribution >= 4 is 11.7 Å². The van der Waals surface area contributed by atoms with Crippen molar-refractivity contribution in [2.75, 3.05) is 26.4 Å². The van der Waals surface area contributed by atoms with Crippen LogP contribution in [-0.4, -0.2) is 54.4 Å². The first-order chi connectivity index (χ1) is 11.5. The van der Waals surface area contributed by atoms with Crippen LogP contribution in [0.15, 0.2) is 24.3 Å². The maximum Gasteiger partial charge on any atom is 0.318 e. The lowest BCUT2D eigenvalue weighted by Gasteiger charge is -2.29. The van der Waals surface area contributed by atoms with Crippen LogP contribution in [0.1, 0.15) is 19.4 Å². The molecule has 24 heavy (non-hydrogen) atoms. The van der Waals surface area contributed by atoms with Crippen molar-refractivity contribution < 1.29 is 19.2 Å². The van der Waals surface area contributed by atoms with Crippen molar-refractivity contribution in [2.24, 2.45) is 0 Å². The Bertz CT molecular complexity index is 553.